The lowest BCUT2D eigenvalue weighted by Gasteiger charge is -2.22. The second kappa shape index (κ2) is 4.58. The molecule has 0 radical (unpaired) electrons. The molecule has 15 heavy (non-hydrogen) atoms. The fourth-order valence-electron chi connectivity index (χ4n) is 2.28. The van der Waals surface area contributed by atoms with E-state index in [1.807, 2.05) is 11.8 Å². The molecule has 0 spiro atoms. The molecular weight excluding hydrogens is 204 g/mol. The number of hydrogen-bond acceptors (Lipinski definition) is 2. The lowest BCUT2D eigenvalue weighted by Crippen LogP contribution is -2.20. The quantitative estimate of drug-likeness (QED) is 0.789. The summed E-state index contributed by atoms with van der Waals surface area (Å²) in [7, 11) is 0. The Labute approximate surface area is 95.9 Å². The van der Waals surface area contributed by atoms with Crippen molar-refractivity contribution in [3.8, 4) is 0 Å². The van der Waals surface area contributed by atoms with E-state index < -0.39 is 5.60 Å². The molecule has 1 aliphatic rings. The maximum absolute atomic E-state index is 10.4. The number of benzene rings is 1. The van der Waals surface area contributed by atoms with Crippen molar-refractivity contribution in [2.45, 2.75) is 43.1 Å². The van der Waals surface area contributed by atoms with Crippen LogP contribution < -0.4 is 0 Å². The molecule has 2 heteroatoms. The SMILES string of the molecule is CCSc1ccc(C2(O)CCCC2)cc1. The maximum Gasteiger partial charge on any atom is 0.0896 e. The molecule has 1 N–H and O–H groups in total. The molecule has 0 amide bonds. The van der Waals surface area contributed by atoms with E-state index in [4.69, 9.17) is 0 Å². The molecule has 1 aromatic carbocycles. The Morgan fingerprint density at radius 1 is 1.20 bits per heavy atom. The molecule has 0 aliphatic heterocycles. The van der Waals surface area contributed by atoms with Crippen molar-refractivity contribution in [3.05, 3.63) is 29.8 Å². The van der Waals surface area contributed by atoms with Gasteiger partial charge in [0.05, 0.1) is 5.60 Å². The van der Waals surface area contributed by atoms with Crippen LogP contribution in [0.1, 0.15) is 38.2 Å². The van der Waals surface area contributed by atoms with Gasteiger partial charge in [-0.1, -0.05) is 31.9 Å². The van der Waals surface area contributed by atoms with Crippen molar-refractivity contribution in [1.29, 1.82) is 0 Å². The zero-order valence-electron chi connectivity index (χ0n) is 9.20. The van der Waals surface area contributed by atoms with Crippen molar-refractivity contribution in [2.75, 3.05) is 5.75 Å². The summed E-state index contributed by atoms with van der Waals surface area (Å²) in [5, 5.41) is 10.4. The van der Waals surface area contributed by atoms with Crippen LogP contribution in [-0.4, -0.2) is 10.9 Å². The molecule has 0 heterocycles. The normalized spacial score (nSPS) is 19.3. The maximum atomic E-state index is 10.4. The van der Waals surface area contributed by atoms with Gasteiger partial charge in [-0.05, 0) is 36.3 Å². The highest BCUT2D eigenvalue weighted by Crippen LogP contribution is 2.38. The third-order valence-electron chi connectivity index (χ3n) is 3.13. The summed E-state index contributed by atoms with van der Waals surface area (Å²) in [5.74, 6) is 1.10. The largest absolute Gasteiger partial charge is 0.385 e. The predicted octanol–water partition coefficient (Wildman–Crippen LogP) is 3.56. The fourth-order valence-corrected chi connectivity index (χ4v) is 2.94. The van der Waals surface area contributed by atoms with Gasteiger partial charge in [-0.15, -0.1) is 11.8 Å². The standard InChI is InChI=1S/C13H18OS/c1-2-15-12-7-5-11(6-8-12)13(14)9-3-4-10-13/h5-8,14H,2-4,9-10H2,1H3. The van der Waals surface area contributed by atoms with Crippen LogP contribution in [0.15, 0.2) is 29.2 Å². The third-order valence-corrected chi connectivity index (χ3v) is 4.03. The first-order valence-corrected chi connectivity index (χ1v) is 6.69. The molecule has 1 nitrogen and oxygen atoms in total. The summed E-state index contributed by atoms with van der Waals surface area (Å²) in [4.78, 5) is 1.29. The highest BCUT2D eigenvalue weighted by atomic mass is 32.2. The van der Waals surface area contributed by atoms with Gasteiger partial charge in [0, 0.05) is 4.90 Å². The molecule has 0 unspecified atom stereocenters. The van der Waals surface area contributed by atoms with E-state index in [-0.39, 0.29) is 0 Å². The van der Waals surface area contributed by atoms with Gasteiger partial charge < -0.3 is 5.11 Å². The number of rotatable bonds is 3. The van der Waals surface area contributed by atoms with Crippen LogP contribution in [-0.2, 0) is 5.60 Å². The van der Waals surface area contributed by atoms with E-state index in [1.165, 1.54) is 4.90 Å². The highest BCUT2D eigenvalue weighted by molar-refractivity contribution is 7.99. The molecule has 0 bridgehead atoms. The van der Waals surface area contributed by atoms with Crippen LogP contribution in [0.2, 0.25) is 0 Å². The minimum absolute atomic E-state index is 0.532. The molecule has 1 aliphatic carbocycles. The van der Waals surface area contributed by atoms with Gasteiger partial charge in [0.25, 0.3) is 0 Å². The first kappa shape index (κ1) is 11.0. The van der Waals surface area contributed by atoms with E-state index in [0.29, 0.717) is 0 Å². The van der Waals surface area contributed by atoms with E-state index >= 15 is 0 Å². The average Bonchev–Trinajstić information content (AvgIpc) is 2.68. The first-order chi connectivity index (χ1) is 7.24. The second-order valence-corrected chi connectivity index (χ2v) is 5.53. The molecule has 1 saturated carbocycles. The molecular formula is C13H18OS. The fraction of sp³-hybridized carbons (Fsp3) is 0.538. The van der Waals surface area contributed by atoms with Crippen LogP contribution in [0.4, 0.5) is 0 Å². The monoisotopic (exact) mass is 222 g/mol. The number of hydrogen-bond donors (Lipinski definition) is 1. The number of aliphatic hydroxyl groups is 1. The lowest BCUT2D eigenvalue weighted by molar-refractivity contribution is 0.0444. The van der Waals surface area contributed by atoms with Crippen molar-refractivity contribution in [3.63, 3.8) is 0 Å². The van der Waals surface area contributed by atoms with Crippen molar-refractivity contribution in [2.24, 2.45) is 0 Å². The summed E-state index contributed by atoms with van der Waals surface area (Å²) < 4.78 is 0. The Morgan fingerprint density at radius 3 is 2.33 bits per heavy atom. The van der Waals surface area contributed by atoms with Crippen molar-refractivity contribution >= 4 is 11.8 Å². The summed E-state index contributed by atoms with van der Waals surface area (Å²) in [6.07, 6.45) is 4.16. The third kappa shape index (κ3) is 2.37. The van der Waals surface area contributed by atoms with Gasteiger partial charge in [-0.25, -0.2) is 0 Å². The van der Waals surface area contributed by atoms with E-state index in [9.17, 15) is 5.11 Å². The van der Waals surface area contributed by atoms with Crippen LogP contribution >= 0.6 is 11.8 Å². The van der Waals surface area contributed by atoms with Gasteiger partial charge in [0.15, 0.2) is 0 Å². The Balaban J connectivity index is 2.15. The van der Waals surface area contributed by atoms with Gasteiger partial charge in [-0.3, -0.25) is 0 Å². The van der Waals surface area contributed by atoms with Gasteiger partial charge in [0.1, 0.15) is 0 Å². The minimum atomic E-state index is -0.532. The zero-order chi connectivity index (χ0) is 10.7. The number of thioether (sulfide) groups is 1. The Hall–Kier alpha value is -0.470. The highest BCUT2D eigenvalue weighted by Gasteiger charge is 2.32. The lowest BCUT2D eigenvalue weighted by atomic mass is 9.92. The molecule has 2 rings (SSSR count). The van der Waals surface area contributed by atoms with E-state index in [2.05, 4.69) is 31.2 Å². The molecule has 0 atom stereocenters. The summed E-state index contributed by atoms with van der Waals surface area (Å²) in [6.45, 7) is 2.16. The molecule has 0 saturated heterocycles. The average molecular weight is 222 g/mol. The smallest absolute Gasteiger partial charge is 0.0896 e. The minimum Gasteiger partial charge on any atom is -0.385 e. The van der Waals surface area contributed by atoms with Crippen molar-refractivity contribution < 1.29 is 5.11 Å². The molecule has 1 aromatic rings. The van der Waals surface area contributed by atoms with Crippen LogP contribution in [0.25, 0.3) is 0 Å². The van der Waals surface area contributed by atoms with Gasteiger partial charge in [0.2, 0.25) is 0 Å². The Morgan fingerprint density at radius 2 is 1.80 bits per heavy atom. The molecule has 0 aromatic heterocycles. The molecule has 1 fully saturated rings. The summed E-state index contributed by atoms with van der Waals surface area (Å²) in [6, 6.07) is 8.42. The summed E-state index contributed by atoms with van der Waals surface area (Å²) >= 11 is 1.84. The topological polar surface area (TPSA) is 20.2 Å². The van der Waals surface area contributed by atoms with E-state index in [0.717, 1.165) is 37.0 Å². The van der Waals surface area contributed by atoms with Crippen molar-refractivity contribution in [1.82, 2.24) is 0 Å². The second-order valence-electron chi connectivity index (χ2n) is 4.20. The van der Waals surface area contributed by atoms with Crippen LogP contribution in [0.3, 0.4) is 0 Å². The van der Waals surface area contributed by atoms with Crippen LogP contribution in [0.5, 0.6) is 0 Å². The van der Waals surface area contributed by atoms with E-state index in [1.54, 1.807) is 0 Å². The van der Waals surface area contributed by atoms with Gasteiger partial charge >= 0.3 is 0 Å². The Kier molecular flexibility index (Phi) is 3.37. The molecule has 82 valence electrons. The predicted molar refractivity (Wildman–Crippen MR) is 65.2 cm³/mol. The first-order valence-electron chi connectivity index (χ1n) is 5.70. The Bertz CT molecular complexity index is 312. The van der Waals surface area contributed by atoms with Crippen LogP contribution in [0, 0.1) is 0 Å². The van der Waals surface area contributed by atoms with Gasteiger partial charge in [-0.2, -0.15) is 0 Å². The zero-order valence-corrected chi connectivity index (χ0v) is 10.0. The summed E-state index contributed by atoms with van der Waals surface area (Å²) in [5.41, 5.74) is 0.565.